The van der Waals surface area contributed by atoms with E-state index in [1.54, 1.807) is 61.7 Å². The lowest BCUT2D eigenvalue weighted by molar-refractivity contribution is 0.356. The molecule has 0 amide bonds. The number of piperazine rings is 1. The second kappa shape index (κ2) is 9.66. The molecule has 0 saturated carbocycles. The number of halogens is 1. The van der Waals surface area contributed by atoms with Crippen LogP contribution >= 0.6 is 0 Å². The number of anilines is 2. The largest absolute Gasteiger partial charge is 0.493 e. The molecule has 7 nitrogen and oxygen atoms in total. The van der Waals surface area contributed by atoms with Crippen LogP contribution in [0.1, 0.15) is 0 Å². The van der Waals surface area contributed by atoms with Gasteiger partial charge in [-0.25, -0.2) is 12.8 Å². The summed E-state index contributed by atoms with van der Waals surface area (Å²) in [4.78, 5) is 8.80. The molecule has 1 saturated heterocycles. The standard InChI is InChI=1S/C27H26FN3O4S/c1-34-24-16-20-22(17-25(24)35-2)29-18-26(36(32,33)19-8-4-3-5-9-19)27(20)31-14-12-30(13-15-31)23-11-7-6-10-21(23)28/h3-11,16-18H,12-15H2,1-2H3. The number of rotatable bonds is 6. The first-order valence-corrected chi connectivity index (χ1v) is 13.0. The average molecular weight is 508 g/mol. The van der Waals surface area contributed by atoms with Gasteiger partial charge in [-0.1, -0.05) is 30.3 Å². The molecule has 3 aromatic carbocycles. The molecule has 0 radical (unpaired) electrons. The highest BCUT2D eigenvalue weighted by atomic mass is 32.2. The van der Waals surface area contributed by atoms with E-state index in [2.05, 4.69) is 4.98 Å². The van der Waals surface area contributed by atoms with E-state index in [-0.39, 0.29) is 15.6 Å². The first-order valence-electron chi connectivity index (χ1n) is 11.5. The van der Waals surface area contributed by atoms with Crippen molar-refractivity contribution in [2.24, 2.45) is 0 Å². The number of ether oxygens (including phenoxy) is 2. The van der Waals surface area contributed by atoms with Crippen LogP contribution in [0, 0.1) is 5.82 Å². The third-order valence-electron chi connectivity index (χ3n) is 6.44. The smallest absolute Gasteiger partial charge is 0.210 e. The van der Waals surface area contributed by atoms with Crippen molar-refractivity contribution in [3.05, 3.63) is 78.7 Å². The van der Waals surface area contributed by atoms with Crippen molar-refractivity contribution in [3.8, 4) is 11.5 Å². The van der Waals surface area contributed by atoms with Gasteiger partial charge in [-0.2, -0.15) is 0 Å². The Labute approximate surface area is 209 Å². The molecule has 5 rings (SSSR count). The minimum Gasteiger partial charge on any atom is -0.493 e. The molecule has 1 fully saturated rings. The van der Waals surface area contributed by atoms with E-state index in [4.69, 9.17) is 9.47 Å². The van der Waals surface area contributed by atoms with Gasteiger partial charge in [-0.3, -0.25) is 4.98 Å². The lowest BCUT2D eigenvalue weighted by atomic mass is 10.1. The van der Waals surface area contributed by atoms with Gasteiger partial charge < -0.3 is 19.3 Å². The zero-order valence-corrected chi connectivity index (χ0v) is 20.8. The molecule has 36 heavy (non-hydrogen) atoms. The fourth-order valence-electron chi connectivity index (χ4n) is 4.62. The quantitative estimate of drug-likeness (QED) is 0.379. The van der Waals surface area contributed by atoms with Crippen LogP contribution in [0.3, 0.4) is 0 Å². The Morgan fingerprint density at radius 2 is 1.44 bits per heavy atom. The van der Waals surface area contributed by atoms with Gasteiger partial charge >= 0.3 is 0 Å². The highest BCUT2D eigenvalue weighted by molar-refractivity contribution is 7.91. The molecule has 0 aliphatic carbocycles. The summed E-state index contributed by atoms with van der Waals surface area (Å²) in [5.41, 5.74) is 1.68. The van der Waals surface area contributed by atoms with Gasteiger partial charge in [-0.15, -0.1) is 0 Å². The van der Waals surface area contributed by atoms with Crippen LogP contribution < -0.4 is 19.3 Å². The van der Waals surface area contributed by atoms with Gasteiger partial charge in [0, 0.05) is 43.8 Å². The van der Waals surface area contributed by atoms with Crippen LogP contribution in [-0.2, 0) is 9.84 Å². The number of fused-ring (bicyclic) bond motifs is 1. The number of methoxy groups -OCH3 is 2. The van der Waals surface area contributed by atoms with Crippen molar-refractivity contribution >= 4 is 32.1 Å². The van der Waals surface area contributed by atoms with E-state index < -0.39 is 9.84 Å². The third-order valence-corrected chi connectivity index (χ3v) is 8.21. The maximum atomic E-state index is 14.4. The van der Waals surface area contributed by atoms with Gasteiger partial charge in [0.05, 0.1) is 36.0 Å². The van der Waals surface area contributed by atoms with Gasteiger partial charge in [0.25, 0.3) is 0 Å². The molecular weight excluding hydrogens is 481 g/mol. The molecule has 0 unspecified atom stereocenters. The summed E-state index contributed by atoms with van der Waals surface area (Å²) < 4.78 is 52.9. The summed E-state index contributed by atoms with van der Waals surface area (Å²) in [6, 6.07) is 18.5. The van der Waals surface area contributed by atoms with Crippen molar-refractivity contribution in [1.29, 1.82) is 0 Å². The van der Waals surface area contributed by atoms with Crippen molar-refractivity contribution in [2.45, 2.75) is 9.79 Å². The molecule has 0 atom stereocenters. The van der Waals surface area contributed by atoms with Gasteiger partial charge in [0.15, 0.2) is 11.5 Å². The van der Waals surface area contributed by atoms with Crippen molar-refractivity contribution in [1.82, 2.24) is 4.98 Å². The zero-order chi connectivity index (χ0) is 25.3. The summed E-state index contributed by atoms with van der Waals surface area (Å²) in [6.07, 6.45) is 1.41. The number of pyridine rings is 1. The van der Waals surface area contributed by atoms with E-state index in [0.717, 1.165) is 0 Å². The number of sulfone groups is 1. The average Bonchev–Trinajstić information content (AvgIpc) is 2.92. The highest BCUT2D eigenvalue weighted by Gasteiger charge is 2.30. The predicted octanol–water partition coefficient (Wildman–Crippen LogP) is 4.55. The van der Waals surface area contributed by atoms with E-state index in [0.29, 0.717) is 60.0 Å². The fraction of sp³-hybridized carbons (Fsp3) is 0.222. The number of aromatic nitrogens is 1. The van der Waals surface area contributed by atoms with Crippen molar-refractivity contribution < 1.29 is 22.3 Å². The number of para-hydroxylation sites is 1. The summed E-state index contributed by atoms with van der Waals surface area (Å²) in [5.74, 6) is 0.711. The molecule has 0 bridgehead atoms. The Bertz CT molecular complexity index is 1500. The summed E-state index contributed by atoms with van der Waals surface area (Å²) in [6.45, 7) is 2.06. The summed E-state index contributed by atoms with van der Waals surface area (Å²) in [7, 11) is -0.789. The zero-order valence-electron chi connectivity index (χ0n) is 20.0. The Morgan fingerprint density at radius 3 is 2.11 bits per heavy atom. The van der Waals surface area contributed by atoms with Crippen LogP contribution in [0.2, 0.25) is 0 Å². The Kier molecular flexibility index (Phi) is 6.40. The Balaban J connectivity index is 1.63. The second-order valence-corrected chi connectivity index (χ2v) is 10.4. The topological polar surface area (TPSA) is 72.0 Å². The number of nitrogens with zero attached hydrogens (tertiary/aromatic N) is 3. The number of hydrogen-bond donors (Lipinski definition) is 0. The monoisotopic (exact) mass is 507 g/mol. The lowest BCUT2D eigenvalue weighted by Gasteiger charge is -2.38. The third kappa shape index (κ3) is 4.19. The number of hydrogen-bond acceptors (Lipinski definition) is 7. The molecule has 1 aromatic heterocycles. The fourth-order valence-corrected chi connectivity index (χ4v) is 6.07. The summed E-state index contributed by atoms with van der Waals surface area (Å²) in [5, 5.41) is 0.643. The summed E-state index contributed by atoms with van der Waals surface area (Å²) >= 11 is 0. The van der Waals surface area contributed by atoms with E-state index in [9.17, 15) is 12.8 Å². The minimum atomic E-state index is -3.87. The normalized spacial score (nSPS) is 14.2. The van der Waals surface area contributed by atoms with E-state index >= 15 is 0 Å². The maximum absolute atomic E-state index is 14.4. The molecule has 0 N–H and O–H groups in total. The first kappa shape index (κ1) is 23.9. The van der Waals surface area contributed by atoms with Crippen LogP contribution in [-0.4, -0.2) is 53.8 Å². The number of benzene rings is 3. The highest BCUT2D eigenvalue weighted by Crippen LogP contribution is 2.41. The minimum absolute atomic E-state index is 0.118. The molecule has 1 aliphatic rings. The van der Waals surface area contributed by atoms with Crippen LogP contribution in [0.4, 0.5) is 15.8 Å². The molecule has 2 heterocycles. The van der Waals surface area contributed by atoms with Crippen LogP contribution in [0.15, 0.2) is 82.7 Å². The maximum Gasteiger partial charge on any atom is 0.210 e. The van der Waals surface area contributed by atoms with Gasteiger partial charge in [-0.05, 0) is 30.3 Å². The van der Waals surface area contributed by atoms with E-state index in [1.807, 2.05) is 15.9 Å². The molecule has 4 aromatic rings. The molecule has 186 valence electrons. The SMILES string of the molecule is COc1cc2ncc(S(=O)(=O)c3ccccc3)c(N3CCN(c4ccccc4F)CC3)c2cc1OC. The lowest BCUT2D eigenvalue weighted by Crippen LogP contribution is -2.47. The van der Waals surface area contributed by atoms with Crippen molar-refractivity contribution in [3.63, 3.8) is 0 Å². The van der Waals surface area contributed by atoms with Gasteiger partial charge in [0.1, 0.15) is 10.7 Å². The predicted molar refractivity (Wildman–Crippen MR) is 138 cm³/mol. The van der Waals surface area contributed by atoms with Crippen LogP contribution in [0.5, 0.6) is 11.5 Å². The van der Waals surface area contributed by atoms with Gasteiger partial charge in [0.2, 0.25) is 9.84 Å². The van der Waals surface area contributed by atoms with Crippen molar-refractivity contribution in [2.75, 3.05) is 50.2 Å². The first-order chi connectivity index (χ1) is 17.4. The van der Waals surface area contributed by atoms with E-state index in [1.165, 1.54) is 19.4 Å². The molecule has 9 heteroatoms. The Morgan fingerprint density at radius 1 is 0.833 bits per heavy atom. The molecule has 1 aliphatic heterocycles. The molecular formula is C27H26FN3O4S. The Hall–Kier alpha value is -3.85. The second-order valence-electron chi connectivity index (χ2n) is 8.44. The van der Waals surface area contributed by atoms with Crippen LogP contribution in [0.25, 0.3) is 10.9 Å². The molecule has 0 spiro atoms.